The molecule has 0 atom stereocenters. The number of benzene rings is 1. The molecule has 0 aliphatic carbocycles. The summed E-state index contributed by atoms with van der Waals surface area (Å²) in [6.45, 7) is 6.47. The highest BCUT2D eigenvalue weighted by molar-refractivity contribution is 5.86. The van der Waals surface area contributed by atoms with Crippen LogP contribution in [0.2, 0.25) is 0 Å². The van der Waals surface area contributed by atoms with E-state index in [-0.39, 0.29) is 24.4 Å². The Morgan fingerprint density at radius 2 is 1.83 bits per heavy atom. The Morgan fingerprint density at radius 3 is 2.45 bits per heavy atom. The number of aryl methyl sites for hydroxylation is 3. The largest absolute Gasteiger partial charge is 0.396 e. The monoisotopic (exact) mass is 395 g/mol. The maximum atomic E-state index is 13.4. The van der Waals surface area contributed by atoms with E-state index in [4.69, 9.17) is 0 Å². The summed E-state index contributed by atoms with van der Waals surface area (Å²) in [5, 5.41) is 9.72. The van der Waals surface area contributed by atoms with Crippen molar-refractivity contribution in [3.05, 3.63) is 62.4 Å². The van der Waals surface area contributed by atoms with Gasteiger partial charge in [-0.1, -0.05) is 43.7 Å². The van der Waals surface area contributed by atoms with Crippen molar-refractivity contribution < 1.29 is 5.11 Å². The molecule has 6 nitrogen and oxygen atoms in total. The Hall–Kier alpha value is -2.73. The first kappa shape index (κ1) is 21.0. The van der Waals surface area contributed by atoms with E-state index in [1.165, 1.54) is 9.13 Å². The van der Waals surface area contributed by atoms with Crippen molar-refractivity contribution in [2.45, 2.75) is 46.6 Å². The lowest BCUT2D eigenvalue weighted by molar-refractivity contribution is 0.277. The summed E-state index contributed by atoms with van der Waals surface area (Å²) >= 11 is 0. The minimum absolute atomic E-state index is 0.0706. The van der Waals surface area contributed by atoms with Gasteiger partial charge in [-0.2, -0.15) is 0 Å². The maximum Gasteiger partial charge on any atom is 0.331 e. The second-order valence-corrected chi connectivity index (χ2v) is 8.02. The molecule has 0 aliphatic heterocycles. The smallest absolute Gasteiger partial charge is 0.331 e. The lowest BCUT2D eigenvalue weighted by Gasteiger charge is -2.17. The summed E-state index contributed by atoms with van der Waals surface area (Å²) in [6, 6.07) is 8.12. The number of hydrogen-bond donors (Lipinski definition) is 1. The molecule has 0 radical (unpaired) electrons. The van der Waals surface area contributed by atoms with Gasteiger partial charge in [0.25, 0.3) is 5.56 Å². The van der Waals surface area contributed by atoms with Crippen molar-refractivity contribution in [2.24, 2.45) is 13.0 Å². The second kappa shape index (κ2) is 8.74. The lowest BCUT2D eigenvalue weighted by atomic mass is 9.95. The van der Waals surface area contributed by atoms with Gasteiger partial charge < -0.3 is 5.11 Å². The first-order chi connectivity index (χ1) is 13.8. The van der Waals surface area contributed by atoms with Crippen molar-refractivity contribution in [2.75, 3.05) is 6.61 Å². The van der Waals surface area contributed by atoms with E-state index in [0.29, 0.717) is 29.7 Å². The number of hydrogen-bond acceptors (Lipinski definition) is 4. The fraction of sp³-hybridized carbons (Fsp3) is 0.435. The Bertz CT molecular complexity index is 1130. The lowest BCUT2D eigenvalue weighted by Crippen LogP contribution is -2.39. The highest BCUT2D eigenvalue weighted by Gasteiger charge is 2.19. The number of aliphatic hydroxyl groups excluding tert-OH is 1. The van der Waals surface area contributed by atoms with Gasteiger partial charge in [-0.05, 0) is 37.7 Å². The van der Waals surface area contributed by atoms with E-state index in [9.17, 15) is 14.7 Å². The molecular weight excluding hydrogens is 366 g/mol. The van der Waals surface area contributed by atoms with Gasteiger partial charge in [-0.3, -0.25) is 18.9 Å². The van der Waals surface area contributed by atoms with Crippen molar-refractivity contribution in [1.82, 2.24) is 14.1 Å². The average molecular weight is 396 g/mol. The molecule has 154 valence electrons. The molecule has 6 heteroatoms. The molecule has 3 rings (SSSR count). The van der Waals surface area contributed by atoms with Crippen LogP contribution in [0.4, 0.5) is 0 Å². The molecule has 0 unspecified atom stereocenters. The van der Waals surface area contributed by atoms with Crippen LogP contribution < -0.4 is 11.2 Å². The standard InChI is InChI=1S/C23H29N3O3/c1-15(2)6-11-18-20-19(14-24-21(18)17-9-7-16(3)8-10-17)25(4)23(29)26(22(20)28)12-5-13-27/h7-10,14-15,27H,5-6,11-13H2,1-4H3. The van der Waals surface area contributed by atoms with Crippen LogP contribution in [-0.2, 0) is 20.0 Å². The molecule has 0 fully saturated rings. The third-order valence-corrected chi connectivity index (χ3v) is 5.33. The third kappa shape index (κ3) is 4.17. The predicted octanol–water partition coefficient (Wildman–Crippen LogP) is 3.04. The highest BCUT2D eigenvalue weighted by atomic mass is 16.3. The molecule has 3 aromatic rings. The quantitative estimate of drug-likeness (QED) is 0.667. The molecule has 0 bridgehead atoms. The van der Waals surface area contributed by atoms with Crippen LogP contribution in [0.1, 0.15) is 37.8 Å². The van der Waals surface area contributed by atoms with Gasteiger partial charge in [0.05, 0.1) is 22.8 Å². The summed E-state index contributed by atoms with van der Waals surface area (Å²) in [7, 11) is 1.67. The molecular formula is C23H29N3O3. The highest BCUT2D eigenvalue weighted by Crippen LogP contribution is 2.28. The summed E-state index contributed by atoms with van der Waals surface area (Å²) in [6.07, 6.45) is 3.61. The molecule has 0 saturated carbocycles. The molecule has 2 heterocycles. The van der Waals surface area contributed by atoms with Crippen molar-refractivity contribution >= 4 is 10.9 Å². The Morgan fingerprint density at radius 1 is 1.14 bits per heavy atom. The number of pyridine rings is 1. The summed E-state index contributed by atoms with van der Waals surface area (Å²) in [5.41, 5.74) is 3.68. The van der Waals surface area contributed by atoms with Crippen molar-refractivity contribution in [1.29, 1.82) is 0 Å². The Balaban J connectivity index is 2.35. The van der Waals surface area contributed by atoms with Crippen LogP contribution >= 0.6 is 0 Å². The van der Waals surface area contributed by atoms with Gasteiger partial charge >= 0.3 is 5.69 Å². The topological polar surface area (TPSA) is 77.1 Å². The summed E-state index contributed by atoms with van der Waals surface area (Å²) < 4.78 is 2.72. The Kier molecular flexibility index (Phi) is 6.33. The second-order valence-electron chi connectivity index (χ2n) is 8.02. The average Bonchev–Trinajstić information content (AvgIpc) is 2.70. The van der Waals surface area contributed by atoms with Crippen LogP contribution in [0.3, 0.4) is 0 Å². The van der Waals surface area contributed by atoms with Crippen molar-refractivity contribution in [3.63, 3.8) is 0 Å². The first-order valence-corrected chi connectivity index (χ1v) is 10.1. The number of aromatic nitrogens is 3. The first-order valence-electron chi connectivity index (χ1n) is 10.1. The molecule has 2 aromatic heterocycles. The number of nitrogens with zero attached hydrogens (tertiary/aromatic N) is 3. The van der Waals surface area contributed by atoms with E-state index in [2.05, 4.69) is 18.8 Å². The molecule has 29 heavy (non-hydrogen) atoms. The SMILES string of the molecule is Cc1ccc(-c2ncc3c(c2CCC(C)C)c(=O)n(CCCO)c(=O)n3C)cc1. The fourth-order valence-corrected chi connectivity index (χ4v) is 3.60. The van der Waals surface area contributed by atoms with Crippen molar-refractivity contribution in [3.8, 4) is 11.3 Å². The van der Waals surface area contributed by atoms with Crippen LogP contribution in [0, 0.1) is 12.8 Å². The van der Waals surface area contributed by atoms with Gasteiger partial charge in [-0.15, -0.1) is 0 Å². The normalized spacial score (nSPS) is 11.5. The number of aliphatic hydroxyl groups is 1. The Labute approximate surface area is 170 Å². The molecule has 0 spiro atoms. The maximum absolute atomic E-state index is 13.4. The summed E-state index contributed by atoms with van der Waals surface area (Å²) in [5.74, 6) is 0.472. The van der Waals surface area contributed by atoms with Gasteiger partial charge in [0.2, 0.25) is 0 Å². The van der Waals surface area contributed by atoms with Crippen LogP contribution in [0.5, 0.6) is 0 Å². The van der Waals surface area contributed by atoms with Gasteiger partial charge in [0.15, 0.2) is 0 Å². The van der Waals surface area contributed by atoms with E-state index in [1.807, 2.05) is 31.2 Å². The molecule has 0 saturated heterocycles. The minimum Gasteiger partial charge on any atom is -0.396 e. The molecule has 1 N–H and O–H groups in total. The van der Waals surface area contributed by atoms with E-state index < -0.39 is 0 Å². The fourth-order valence-electron chi connectivity index (χ4n) is 3.60. The molecule has 0 amide bonds. The zero-order valence-electron chi connectivity index (χ0n) is 17.6. The van der Waals surface area contributed by atoms with Crippen LogP contribution in [0.15, 0.2) is 40.1 Å². The van der Waals surface area contributed by atoms with E-state index >= 15 is 0 Å². The van der Waals surface area contributed by atoms with Crippen LogP contribution in [0.25, 0.3) is 22.2 Å². The number of rotatable bonds is 7. The van der Waals surface area contributed by atoms with E-state index in [0.717, 1.165) is 28.8 Å². The minimum atomic E-state index is -0.379. The van der Waals surface area contributed by atoms with Gasteiger partial charge in [0, 0.05) is 25.8 Å². The predicted molar refractivity (Wildman–Crippen MR) is 116 cm³/mol. The van der Waals surface area contributed by atoms with Crippen LogP contribution in [-0.4, -0.2) is 25.8 Å². The van der Waals surface area contributed by atoms with Gasteiger partial charge in [-0.25, -0.2) is 4.79 Å². The van der Waals surface area contributed by atoms with Gasteiger partial charge in [0.1, 0.15) is 0 Å². The van der Waals surface area contributed by atoms with E-state index in [1.54, 1.807) is 13.2 Å². The zero-order chi connectivity index (χ0) is 21.1. The third-order valence-electron chi connectivity index (χ3n) is 5.33. The molecule has 1 aromatic carbocycles. The summed E-state index contributed by atoms with van der Waals surface area (Å²) in [4.78, 5) is 30.7. The number of fused-ring (bicyclic) bond motifs is 1. The molecule has 0 aliphatic rings. The zero-order valence-corrected chi connectivity index (χ0v) is 17.6.